The lowest BCUT2D eigenvalue weighted by Crippen LogP contribution is -2.15. The first-order valence-electron chi connectivity index (χ1n) is 7.07. The molecule has 2 aromatic rings. The van der Waals surface area contributed by atoms with Gasteiger partial charge < -0.3 is 10.6 Å². The van der Waals surface area contributed by atoms with Crippen molar-refractivity contribution in [2.75, 3.05) is 17.2 Å². The fraction of sp³-hybridized carbons (Fsp3) is 0.250. The second-order valence-electron chi connectivity index (χ2n) is 5.11. The van der Waals surface area contributed by atoms with Crippen LogP contribution in [0.25, 0.3) is 0 Å². The zero-order valence-electron chi connectivity index (χ0n) is 11.6. The van der Waals surface area contributed by atoms with E-state index in [-0.39, 0.29) is 10.6 Å². The van der Waals surface area contributed by atoms with Crippen LogP contribution in [-0.4, -0.2) is 11.5 Å². The summed E-state index contributed by atoms with van der Waals surface area (Å²) < 4.78 is 0. The molecule has 0 atom stereocenters. The van der Waals surface area contributed by atoms with Gasteiger partial charge in [0.15, 0.2) is 0 Å². The Labute approximate surface area is 123 Å². The molecule has 0 radical (unpaired) electrons. The Morgan fingerprint density at radius 3 is 2.90 bits per heavy atom. The van der Waals surface area contributed by atoms with Crippen molar-refractivity contribution in [3.05, 3.63) is 63.7 Å². The van der Waals surface area contributed by atoms with E-state index in [1.54, 1.807) is 18.2 Å². The van der Waals surface area contributed by atoms with E-state index in [1.807, 2.05) is 6.07 Å². The van der Waals surface area contributed by atoms with Gasteiger partial charge in [-0.15, -0.1) is 0 Å². The first-order valence-corrected chi connectivity index (χ1v) is 7.07. The van der Waals surface area contributed by atoms with E-state index in [1.165, 1.54) is 17.3 Å². The number of rotatable bonds is 4. The molecule has 5 heteroatoms. The molecular formula is C16H17N3O2. The molecule has 0 saturated heterocycles. The Kier molecular flexibility index (Phi) is 3.73. The van der Waals surface area contributed by atoms with Crippen LogP contribution < -0.4 is 10.6 Å². The Balaban J connectivity index is 1.81. The monoisotopic (exact) mass is 283 g/mol. The number of hydrogen-bond donors (Lipinski definition) is 2. The van der Waals surface area contributed by atoms with E-state index >= 15 is 0 Å². The summed E-state index contributed by atoms with van der Waals surface area (Å²) in [7, 11) is 0. The minimum atomic E-state index is -0.360. The van der Waals surface area contributed by atoms with E-state index in [4.69, 9.17) is 0 Å². The van der Waals surface area contributed by atoms with Crippen molar-refractivity contribution in [1.82, 2.24) is 0 Å². The highest BCUT2D eigenvalue weighted by atomic mass is 16.6. The molecule has 5 nitrogen and oxygen atoms in total. The predicted molar refractivity (Wildman–Crippen MR) is 83.7 cm³/mol. The van der Waals surface area contributed by atoms with Gasteiger partial charge in [0.25, 0.3) is 5.69 Å². The SMILES string of the molecule is O=[N+]([O-])c1ccccc1NCc1cccc2c1NCCC2. The van der Waals surface area contributed by atoms with Gasteiger partial charge in [-0.1, -0.05) is 30.3 Å². The highest BCUT2D eigenvalue weighted by Crippen LogP contribution is 2.28. The van der Waals surface area contributed by atoms with Gasteiger partial charge in [0.1, 0.15) is 5.69 Å². The smallest absolute Gasteiger partial charge is 0.292 e. The third-order valence-electron chi connectivity index (χ3n) is 3.73. The van der Waals surface area contributed by atoms with Crippen LogP contribution >= 0.6 is 0 Å². The average molecular weight is 283 g/mol. The summed E-state index contributed by atoms with van der Waals surface area (Å²) >= 11 is 0. The largest absolute Gasteiger partial charge is 0.385 e. The molecule has 1 aliphatic heterocycles. The lowest BCUT2D eigenvalue weighted by atomic mass is 9.99. The van der Waals surface area contributed by atoms with Gasteiger partial charge in [0.05, 0.1) is 4.92 Å². The summed E-state index contributed by atoms with van der Waals surface area (Å²) in [5.74, 6) is 0. The molecule has 2 N–H and O–H groups in total. The quantitative estimate of drug-likeness (QED) is 0.665. The summed E-state index contributed by atoms with van der Waals surface area (Å²) in [5.41, 5.74) is 4.30. The minimum absolute atomic E-state index is 0.107. The molecule has 0 saturated carbocycles. The number of para-hydroxylation sites is 3. The van der Waals surface area contributed by atoms with Crippen LogP contribution in [-0.2, 0) is 13.0 Å². The number of nitrogens with one attached hydrogen (secondary N) is 2. The van der Waals surface area contributed by atoms with Crippen molar-refractivity contribution in [2.45, 2.75) is 19.4 Å². The maximum Gasteiger partial charge on any atom is 0.292 e. The third-order valence-corrected chi connectivity index (χ3v) is 3.73. The average Bonchev–Trinajstić information content (AvgIpc) is 2.53. The van der Waals surface area contributed by atoms with Crippen LogP contribution in [0.3, 0.4) is 0 Å². The summed E-state index contributed by atoms with van der Waals surface area (Å²) in [6.45, 7) is 1.55. The number of nitro groups is 1. The van der Waals surface area contributed by atoms with Crippen molar-refractivity contribution in [3.8, 4) is 0 Å². The molecule has 1 aliphatic rings. The number of nitro benzene ring substituents is 1. The zero-order chi connectivity index (χ0) is 14.7. The van der Waals surface area contributed by atoms with Gasteiger partial charge in [-0.05, 0) is 30.0 Å². The molecule has 3 rings (SSSR count). The standard InChI is InChI=1S/C16H17N3O2/c20-19(21)15-9-2-1-8-14(15)18-11-13-6-3-5-12-7-4-10-17-16(12)13/h1-3,5-6,8-9,17-18H,4,7,10-11H2. The number of hydrogen-bond acceptors (Lipinski definition) is 4. The van der Waals surface area contributed by atoms with Crippen LogP contribution in [0.15, 0.2) is 42.5 Å². The number of nitrogens with zero attached hydrogens (tertiary/aromatic N) is 1. The van der Waals surface area contributed by atoms with E-state index in [0.717, 1.165) is 24.9 Å². The van der Waals surface area contributed by atoms with Crippen molar-refractivity contribution < 1.29 is 4.92 Å². The van der Waals surface area contributed by atoms with Crippen LogP contribution in [0.1, 0.15) is 17.5 Å². The van der Waals surface area contributed by atoms with Gasteiger partial charge in [-0.25, -0.2) is 0 Å². The Hall–Kier alpha value is -2.56. The number of anilines is 2. The third kappa shape index (κ3) is 2.81. The second-order valence-corrected chi connectivity index (χ2v) is 5.11. The summed E-state index contributed by atoms with van der Waals surface area (Å²) in [6.07, 6.45) is 2.23. The van der Waals surface area contributed by atoms with Crippen LogP contribution in [0.2, 0.25) is 0 Å². The number of benzene rings is 2. The first-order chi connectivity index (χ1) is 10.3. The molecule has 0 unspecified atom stereocenters. The van der Waals surface area contributed by atoms with E-state index in [9.17, 15) is 10.1 Å². The fourth-order valence-electron chi connectivity index (χ4n) is 2.70. The molecule has 0 amide bonds. The Morgan fingerprint density at radius 2 is 2.05 bits per heavy atom. The first kappa shape index (κ1) is 13.4. The lowest BCUT2D eigenvalue weighted by Gasteiger charge is -2.21. The van der Waals surface area contributed by atoms with Gasteiger partial charge in [-0.2, -0.15) is 0 Å². The molecule has 2 aromatic carbocycles. The molecule has 1 heterocycles. The minimum Gasteiger partial charge on any atom is -0.385 e. The van der Waals surface area contributed by atoms with E-state index < -0.39 is 0 Å². The highest BCUT2D eigenvalue weighted by Gasteiger charge is 2.14. The molecule has 21 heavy (non-hydrogen) atoms. The van der Waals surface area contributed by atoms with Crippen LogP contribution in [0.5, 0.6) is 0 Å². The maximum absolute atomic E-state index is 11.0. The van der Waals surface area contributed by atoms with Gasteiger partial charge in [-0.3, -0.25) is 10.1 Å². The Morgan fingerprint density at radius 1 is 1.19 bits per heavy atom. The van der Waals surface area contributed by atoms with Crippen molar-refractivity contribution >= 4 is 17.1 Å². The van der Waals surface area contributed by atoms with Crippen molar-refractivity contribution in [3.63, 3.8) is 0 Å². The normalized spacial score (nSPS) is 13.1. The van der Waals surface area contributed by atoms with Gasteiger partial charge in [0.2, 0.25) is 0 Å². The molecule has 108 valence electrons. The van der Waals surface area contributed by atoms with E-state index in [2.05, 4.69) is 22.8 Å². The number of aryl methyl sites for hydroxylation is 1. The fourth-order valence-corrected chi connectivity index (χ4v) is 2.70. The summed E-state index contributed by atoms with van der Waals surface area (Å²) in [4.78, 5) is 10.7. The van der Waals surface area contributed by atoms with E-state index in [0.29, 0.717) is 12.2 Å². The predicted octanol–water partition coefficient (Wildman–Crippen LogP) is 3.57. The highest BCUT2D eigenvalue weighted by molar-refractivity contribution is 5.64. The number of fused-ring (bicyclic) bond motifs is 1. The second kappa shape index (κ2) is 5.83. The van der Waals surface area contributed by atoms with Gasteiger partial charge in [0, 0.05) is 24.8 Å². The maximum atomic E-state index is 11.0. The topological polar surface area (TPSA) is 67.2 Å². The van der Waals surface area contributed by atoms with Crippen LogP contribution in [0, 0.1) is 10.1 Å². The Bertz CT molecular complexity index is 670. The molecule has 0 fully saturated rings. The van der Waals surface area contributed by atoms with Crippen molar-refractivity contribution in [2.24, 2.45) is 0 Å². The van der Waals surface area contributed by atoms with Crippen LogP contribution in [0.4, 0.5) is 17.1 Å². The molecule has 0 spiro atoms. The molecule has 0 bridgehead atoms. The summed E-state index contributed by atoms with van der Waals surface area (Å²) in [5, 5.41) is 17.6. The van der Waals surface area contributed by atoms with Gasteiger partial charge >= 0.3 is 0 Å². The molecule has 0 aliphatic carbocycles. The molecule has 0 aromatic heterocycles. The lowest BCUT2D eigenvalue weighted by molar-refractivity contribution is -0.384. The zero-order valence-corrected chi connectivity index (χ0v) is 11.6. The van der Waals surface area contributed by atoms with Crippen molar-refractivity contribution in [1.29, 1.82) is 0 Å². The molecular weight excluding hydrogens is 266 g/mol. The summed E-state index contributed by atoms with van der Waals surface area (Å²) in [6, 6.07) is 13.0.